The van der Waals surface area contributed by atoms with Gasteiger partial charge in [-0.3, -0.25) is 14.4 Å². The first-order valence-corrected chi connectivity index (χ1v) is 12.0. The van der Waals surface area contributed by atoms with Gasteiger partial charge in [-0.1, -0.05) is 0 Å². The molecule has 0 aromatic heterocycles. The van der Waals surface area contributed by atoms with Gasteiger partial charge in [-0.15, -0.1) is 0 Å². The maximum atomic E-state index is 12.8. The van der Waals surface area contributed by atoms with Crippen molar-refractivity contribution in [1.82, 2.24) is 16.0 Å². The van der Waals surface area contributed by atoms with Gasteiger partial charge in [0, 0.05) is 0 Å². The third-order valence-corrected chi connectivity index (χ3v) is 4.88. The van der Waals surface area contributed by atoms with Gasteiger partial charge in [0.15, 0.2) is 0 Å². The second-order valence-corrected chi connectivity index (χ2v) is 9.36. The van der Waals surface area contributed by atoms with Crippen LogP contribution in [0.15, 0.2) is 0 Å². The highest BCUT2D eigenvalue weighted by Crippen LogP contribution is 2.09. The number of carboxylic acid groups (broad SMARTS) is 1. The van der Waals surface area contributed by atoms with Gasteiger partial charge >= 0.3 is 12.1 Å². The van der Waals surface area contributed by atoms with Crippen LogP contribution < -0.4 is 16.0 Å². The molecule has 0 saturated heterocycles. The Labute approximate surface area is 180 Å². The van der Waals surface area contributed by atoms with Crippen molar-refractivity contribution in [2.24, 2.45) is 0 Å². The summed E-state index contributed by atoms with van der Waals surface area (Å²) in [5.74, 6) is -1.06. The predicted octanol–water partition coefficient (Wildman–Crippen LogP) is 1.46. The number of ether oxygens (including phenoxy) is 1. The highest BCUT2D eigenvalue weighted by Gasteiger charge is 2.29. The molecule has 0 aromatic rings. The molecule has 9 nitrogen and oxygen atoms in total. The Morgan fingerprint density at radius 1 is 0.897 bits per heavy atom. The first-order chi connectivity index (χ1) is 13.4. The maximum Gasteiger partial charge on any atom is 0.408 e. The van der Waals surface area contributed by atoms with Crippen molar-refractivity contribution >= 4 is 47.4 Å². The minimum Gasteiger partial charge on any atom is -0.480 e. The molecule has 0 radical (unpaired) electrons. The molecule has 168 valence electrons. The molecule has 0 aliphatic heterocycles. The number of rotatable bonds is 12. The second-order valence-electron chi connectivity index (χ2n) is 7.39. The highest BCUT2D eigenvalue weighted by atomic mass is 32.2. The standard InChI is InChI=1S/C18H33N3O6S2/c1-11(16(24)25)19-14(22)12(7-9-28-5)20-15(23)13(8-10-29-6)21-17(26)27-18(2,3)4/h11-13H,7-10H2,1-6H3,(H,19,22)(H,20,23)(H,21,26)(H,24,25)/t11-,12-,13+/m0/s1. The molecule has 0 fully saturated rings. The van der Waals surface area contributed by atoms with Crippen LogP contribution in [0.3, 0.4) is 0 Å². The normalized spacial score (nSPS) is 14.3. The zero-order valence-corrected chi connectivity index (χ0v) is 19.5. The Bertz CT molecular complexity index is 568. The molecular weight excluding hydrogens is 418 g/mol. The van der Waals surface area contributed by atoms with Gasteiger partial charge < -0.3 is 25.8 Å². The highest BCUT2D eigenvalue weighted by molar-refractivity contribution is 7.98. The molecule has 3 amide bonds. The number of aliphatic carboxylic acids is 1. The van der Waals surface area contributed by atoms with Crippen LogP contribution in [0, 0.1) is 0 Å². The van der Waals surface area contributed by atoms with Crippen LogP contribution in [-0.2, 0) is 19.1 Å². The molecule has 0 spiro atoms. The Balaban J connectivity index is 5.19. The summed E-state index contributed by atoms with van der Waals surface area (Å²) in [6.45, 7) is 6.50. The van der Waals surface area contributed by atoms with Gasteiger partial charge in [0.25, 0.3) is 0 Å². The van der Waals surface area contributed by atoms with Crippen LogP contribution in [0.2, 0.25) is 0 Å². The Morgan fingerprint density at radius 3 is 1.76 bits per heavy atom. The van der Waals surface area contributed by atoms with E-state index in [0.29, 0.717) is 24.3 Å². The lowest BCUT2D eigenvalue weighted by atomic mass is 10.1. The fraction of sp³-hybridized carbons (Fsp3) is 0.778. The second kappa shape index (κ2) is 13.6. The van der Waals surface area contributed by atoms with E-state index in [0.717, 1.165) is 0 Å². The van der Waals surface area contributed by atoms with Crippen molar-refractivity contribution in [3.05, 3.63) is 0 Å². The summed E-state index contributed by atoms with van der Waals surface area (Å²) < 4.78 is 5.21. The first-order valence-electron chi connectivity index (χ1n) is 9.22. The molecule has 0 rings (SSSR count). The zero-order chi connectivity index (χ0) is 22.6. The van der Waals surface area contributed by atoms with Gasteiger partial charge in [-0.05, 0) is 64.6 Å². The van der Waals surface area contributed by atoms with Crippen LogP contribution in [-0.4, -0.2) is 76.7 Å². The van der Waals surface area contributed by atoms with Crippen molar-refractivity contribution in [2.45, 2.75) is 64.3 Å². The number of carbonyl (C=O) groups excluding carboxylic acids is 3. The van der Waals surface area contributed by atoms with Gasteiger partial charge in [0.1, 0.15) is 23.7 Å². The van der Waals surface area contributed by atoms with Gasteiger partial charge in [0.05, 0.1) is 0 Å². The molecule has 11 heteroatoms. The number of hydrogen-bond acceptors (Lipinski definition) is 7. The minimum atomic E-state index is -1.17. The number of thioether (sulfide) groups is 2. The van der Waals surface area contributed by atoms with Crippen LogP contribution in [0.4, 0.5) is 4.79 Å². The van der Waals surface area contributed by atoms with Gasteiger partial charge in [-0.25, -0.2) is 4.79 Å². The lowest BCUT2D eigenvalue weighted by molar-refractivity contribution is -0.141. The molecule has 0 saturated carbocycles. The molecule has 29 heavy (non-hydrogen) atoms. The van der Waals surface area contributed by atoms with E-state index < -0.39 is 47.6 Å². The van der Waals surface area contributed by atoms with Gasteiger partial charge in [0.2, 0.25) is 11.8 Å². The Morgan fingerprint density at radius 2 is 1.34 bits per heavy atom. The quantitative estimate of drug-likeness (QED) is 0.350. The van der Waals surface area contributed by atoms with E-state index in [-0.39, 0.29) is 0 Å². The van der Waals surface area contributed by atoms with Crippen LogP contribution in [0.25, 0.3) is 0 Å². The first kappa shape index (κ1) is 27.4. The summed E-state index contributed by atoms with van der Waals surface area (Å²) in [6.07, 6.45) is 3.71. The number of amides is 3. The number of carbonyl (C=O) groups is 4. The van der Waals surface area contributed by atoms with E-state index >= 15 is 0 Å². The molecule has 0 aliphatic carbocycles. The van der Waals surface area contributed by atoms with E-state index in [4.69, 9.17) is 9.84 Å². The Kier molecular flexibility index (Phi) is 12.8. The van der Waals surface area contributed by atoms with Crippen LogP contribution >= 0.6 is 23.5 Å². The molecular formula is C18H33N3O6S2. The van der Waals surface area contributed by atoms with Crippen molar-refractivity contribution < 1.29 is 29.0 Å². The lowest BCUT2D eigenvalue weighted by Crippen LogP contribution is -2.56. The molecule has 0 heterocycles. The topological polar surface area (TPSA) is 134 Å². The summed E-state index contributed by atoms with van der Waals surface area (Å²) in [6, 6.07) is -2.86. The van der Waals surface area contributed by atoms with Crippen molar-refractivity contribution in [3.8, 4) is 0 Å². The lowest BCUT2D eigenvalue weighted by Gasteiger charge is -2.25. The maximum absolute atomic E-state index is 12.8. The summed E-state index contributed by atoms with van der Waals surface area (Å²) in [4.78, 5) is 48.3. The molecule has 0 aliphatic rings. The van der Waals surface area contributed by atoms with E-state index in [9.17, 15) is 19.2 Å². The van der Waals surface area contributed by atoms with E-state index in [2.05, 4.69) is 16.0 Å². The summed E-state index contributed by atoms with van der Waals surface area (Å²) in [5.41, 5.74) is -0.710. The number of alkyl carbamates (subject to hydrolysis) is 1. The van der Waals surface area contributed by atoms with E-state index in [1.165, 1.54) is 30.4 Å². The number of hydrogen-bond donors (Lipinski definition) is 4. The minimum absolute atomic E-state index is 0.326. The van der Waals surface area contributed by atoms with E-state index in [1.54, 1.807) is 20.8 Å². The molecule has 0 aromatic carbocycles. The SMILES string of the molecule is CSCC[C@H](NC(=O)[C@@H](CCSC)NC(=O)OC(C)(C)C)C(=O)N[C@@H](C)C(=O)O. The van der Waals surface area contributed by atoms with Crippen molar-refractivity contribution in [2.75, 3.05) is 24.0 Å². The molecule has 0 unspecified atom stereocenters. The number of nitrogens with one attached hydrogen (secondary N) is 3. The monoisotopic (exact) mass is 451 g/mol. The average Bonchev–Trinajstić information content (AvgIpc) is 2.59. The van der Waals surface area contributed by atoms with Crippen LogP contribution in [0.1, 0.15) is 40.5 Å². The zero-order valence-electron chi connectivity index (χ0n) is 17.9. The predicted molar refractivity (Wildman–Crippen MR) is 116 cm³/mol. The van der Waals surface area contributed by atoms with E-state index in [1.807, 2.05) is 12.5 Å². The Hall–Kier alpha value is -1.62. The summed E-state index contributed by atoms with van der Waals surface area (Å²) >= 11 is 3.02. The van der Waals surface area contributed by atoms with Gasteiger partial charge in [-0.2, -0.15) is 23.5 Å². The largest absolute Gasteiger partial charge is 0.480 e. The fourth-order valence-corrected chi connectivity index (χ4v) is 3.05. The molecule has 0 bridgehead atoms. The smallest absolute Gasteiger partial charge is 0.408 e. The fourth-order valence-electron chi connectivity index (χ4n) is 2.11. The molecule has 4 N–H and O–H groups in total. The third-order valence-electron chi connectivity index (χ3n) is 3.59. The summed E-state index contributed by atoms with van der Waals surface area (Å²) in [7, 11) is 0. The van der Waals surface area contributed by atoms with Crippen molar-refractivity contribution in [3.63, 3.8) is 0 Å². The van der Waals surface area contributed by atoms with Crippen molar-refractivity contribution in [1.29, 1.82) is 0 Å². The average molecular weight is 452 g/mol. The third kappa shape index (κ3) is 12.5. The summed E-state index contributed by atoms with van der Waals surface area (Å²) in [5, 5.41) is 16.5. The molecule has 3 atom stereocenters. The number of carboxylic acids is 1. The van der Waals surface area contributed by atoms with Crippen LogP contribution in [0.5, 0.6) is 0 Å².